The number of amidine groups is 1. The summed E-state index contributed by atoms with van der Waals surface area (Å²) >= 11 is 1.43. The van der Waals surface area contributed by atoms with Crippen molar-refractivity contribution in [2.24, 2.45) is 5.84 Å². The van der Waals surface area contributed by atoms with E-state index in [9.17, 15) is 0 Å². The zero-order valence-electron chi connectivity index (χ0n) is 4.29. The Morgan fingerprint density at radius 1 is 1.88 bits per heavy atom. The number of hydrogen-bond acceptors (Lipinski definition) is 3. The Hall–Kier alpha value is -0.480. The minimum Gasteiger partial charge on any atom is -0.283 e. The lowest BCUT2D eigenvalue weighted by Gasteiger charge is -2.17. The lowest BCUT2D eigenvalue weighted by atomic mass is 10.5. The van der Waals surface area contributed by atoms with Crippen molar-refractivity contribution >= 4 is 17.8 Å². The summed E-state index contributed by atoms with van der Waals surface area (Å²) in [5, 5.41) is 7.09. The van der Waals surface area contributed by atoms with Gasteiger partial charge in [-0.25, -0.2) is 10.3 Å². The summed E-state index contributed by atoms with van der Waals surface area (Å²) in [6.07, 6.45) is 3.60. The minimum absolute atomic E-state index is 0.362. The van der Waals surface area contributed by atoms with Crippen LogP contribution in [0.3, 0.4) is 0 Å². The van der Waals surface area contributed by atoms with Crippen LogP contribution in [-0.2, 0) is 0 Å². The average molecular weight is 129 g/mol. The van der Waals surface area contributed by atoms with E-state index in [1.54, 1.807) is 6.08 Å². The van der Waals surface area contributed by atoms with Gasteiger partial charge >= 0.3 is 0 Å². The molecule has 0 aromatic heterocycles. The third-order valence-corrected chi connectivity index (χ3v) is 1.64. The topological polar surface area (TPSA) is 53.1 Å². The zero-order valence-corrected chi connectivity index (χ0v) is 5.11. The van der Waals surface area contributed by atoms with Crippen molar-refractivity contribution in [3.8, 4) is 0 Å². The molecular formula is C4H7N3S. The Morgan fingerprint density at radius 3 is 3.00 bits per heavy atom. The predicted octanol–water partition coefficient (Wildman–Crippen LogP) is 0.357. The first-order valence-corrected chi connectivity index (χ1v) is 3.18. The van der Waals surface area contributed by atoms with Crippen molar-refractivity contribution in [3.63, 3.8) is 0 Å². The molecule has 8 heavy (non-hydrogen) atoms. The lowest BCUT2D eigenvalue weighted by Crippen LogP contribution is -2.30. The molecule has 3 nitrogen and oxygen atoms in total. The highest BCUT2D eigenvalue weighted by atomic mass is 32.2. The van der Waals surface area contributed by atoms with Gasteiger partial charge in [0.1, 0.15) is 5.84 Å². The summed E-state index contributed by atoms with van der Waals surface area (Å²) in [7, 11) is 0. The second kappa shape index (κ2) is 2.19. The number of rotatable bonds is 0. The summed E-state index contributed by atoms with van der Waals surface area (Å²) in [6.45, 7) is 0. The second-order valence-corrected chi connectivity index (χ2v) is 2.39. The molecule has 0 fully saturated rings. The van der Waals surface area contributed by atoms with Gasteiger partial charge in [0.25, 0.3) is 0 Å². The fourth-order valence-electron chi connectivity index (χ4n) is 0.426. The zero-order chi connectivity index (χ0) is 5.98. The summed E-state index contributed by atoms with van der Waals surface area (Å²) in [5.74, 6) is 6.53. The molecule has 0 aromatic carbocycles. The SMILES string of the molecule is N=C1C=CCSN1N. The van der Waals surface area contributed by atoms with Crippen LogP contribution < -0.4 is 5.84 Å². The summed E-state index contributed by atoms with van der Waals surface area (Å²) < 4.78 is 1.35. The number of nitrogens with zero attached hydrogens (tertiary/aromatic N) is 1. The van der Waals surface area contributed by atoms with Crippen LogP contribution in [0.25, 0.3) is 0 Å². The number of nitrogens with two attached hydrogens (primary N) is 1. The molecule has 0 radical (unpaired) electrons. The van der Waals surface area contributed by atoms with Crippen molar-refractivity contribution in [2.45, 2.75) is 0 Å². The van der Waals surface area contributed by atoms with E-state index >= 15 is 0 Å². The molecular weight excluding hydrogens is 122 g/mol. The van der Waals surface area contributed by atoms with Crippen LogP contribution in [-0.4, -0.2) is 16.0 Å². The number of hydrogen-bond donors (Lipinski definition) is 2. The van der Waals surface area contributed by atoms with Gasteiger partial charge in [0.05, 0.1) is 0 Å². The standard InChI is InChI=1S/C4H7N3S/c5-4-2-1-3-8-7(4)6/h1-2,5H,3,6H2. The van der Waals surface area contributed by atoms with E-state index in [0.29, 0.717) is 5.84 Å². The summed E-state index contributed by atoms with van der Waals surface area (Å²) in [6, 6.07) is 0. The Labute approximate surface area is 52.2 Å². The van der Waals surface area contributed by atoms with Crippen molar-refractivity contribution < 1.29 is 0 Å². The van der Waals surface area contributed by atoms with Crippen molar-refractivity contribution in [1.29, 1.82) is 5.41 Å². The quantitative estimate of drug-likeness (QED) is 0.366. The molecule has 3 N–H and O–H groups in total. The lowest BCUT2D eigenvalue weighted by molar-refractivity contribution is 0.728. The van der Waals surface area contributed by atoms with Crippen molar-refractivity contribution in [2.75, 3.05) is 5.75 Å². The molecule has 0 bridgehead atoms. The first-order chi connectivity index (χ1) is 3.80. The van der Waals surface area contributed by atoms with Crippen LogP contribution in [0.15, 0.2) is 12.2 Å². The molecule has 0 unspecified atom stereocenters. The number of nitrogens with one attached hydrogen (secondary N) is 1. The Kier molecular flexibility index (Phi) is 1.55. The van der Waals surface area contributed by atoms with Gasteiger partial charge in [-0.3, -0.25) is 5.41 Å². The molecule has 44 valence electrons. The summed E-state index contributed by atoms with van der Waals surface area (Å²) in [4.78, 5) is 0. The third-order valence-electron chi connectivity index (χ3n) is 0.823. The van der Waals surface area contributed by atoms with Gasteiger partial charge in [-0.15, -0.1) is 0 Å². The van der Waals surface area contributed by atoms with Gasteiger partial charge in [0, 0.05) is 5.75 Å². The molecule has 0 amide bonds. The molecule has 0 spiro atoms. The molecule has 0 aliphatic carbocycles. The fourth-order valence-corrected chi connectivity index (χ4v) is 0.969. The molecule has 0 aromatic rings. The minimum atomic E-state index is 0.362. The fraction of sp³-hybridized carbons (Fsp3) is 0.250. The Morgan fingerprint density at radius 2 is 2.62 bits per heavy atom. The van der Waals surface area contributed by atoms with E-state index in [4.69, 9.17) is 11.3 Å². The molecule has 0 saturated carbocycles. The number of hydrazine groups is 1. The van der Waals surface area contributed by atoms with Crippen molar-refractivity contribution in [3.05, 3.63) is 12.2 Å². The van der Waals surface area contributed by atoms with Crippen LogP contribution in [0, 0.1) is 5.41 Å². The largest absolute Gasteiger partial charge is 0.283 e. The molecule has 1 heterocycles. The summed E-state index contributed by atoms with van der Waals surface area (Å²) in [5.41, 5.74) is 0. The molecule has 1 aliphatic rings. The maximum Gasteiger partial charge on any atom is 0.145 e. The highest BCUT2D eigenvalue weighted by Crippen LogP contribution is 2.09. The van der Waals surface area contributed by atoms with Crippen LogP contribution in [0.2, 0.25) is 0 Å². The van der Waals surface area contributed by atoms with Gasteiger partial charge in [-0.05, 0) is 18.0 Å². The average Bonchev–Trinajstić information content (AvgIpc) is 1.77. The van der Waals surface area contributed by atoms with E-state index in [1.165, 1.54) is 16.4 Å². The van der Waals surface area contributed by atoms with Gasteiger partial charge in [-0.1, -0.05) is 6.08 Å². The van der Waals surface area contributed by atoms with Crippen LogP contribution in [0.1, 0.15) is 0 Å². The van der Waals surface area contributed by atoms with Gasteiger partial charge < -0.3 is 0 Å². The predicted molar refractivity (Wildman–Crippen MR) is 35.4 cm³/mol. The first kappa shape index (κ1) is 5.65. The Bertz CT molecular complexity index is 131. The normalized spacial score (nSPS) is 19.6. The van der Waals surface area contributed by atoms with Gasteiger partial charge in [0.2, 0.25) is 0 Å². The van der Waals surface area contributed by atoms with Crippen molar-refractivity contribution in [1.82, 2.24) is 4.41 Å². The second-order valence-electron chi connectivity index (χ2n) is 1.41. The first-order valence-electron chi connectivity index (χ1n) is 2.23. The van der Waals surface area contributed by atoms with Gasteiger partial charge in [-0.2, -0.15) is 0 Å². The van der Waals surface area contributed by atoms with Gasteiger partial charge in [0.15, 0.2) is 0 Å². The maximum atomic E-state index is 7.09. The monoisotopic (exact) mass is 129 g/mol. The molecule has 4 heteroatoms. The third kappa shape index (κ3) is 1.02. The van der Waals surface area contributed by atoms with E-state index in [0.717, 1.165) is 5.75 Å². The van der Waals surface area contributed by atoms with Crippen LogP contribution in [0.5, 0.6) is 0 Å². The Balaban J connectivity index is 2.60. The van der Waals surface area contributed by atoms with E-state index < -0.39 is 0 Å². The maximum absolute atomic E-state index is 7.09. The van der Waals surface area contributed by atoms with E-state index in [2.05, 4.69) is 0 Å². The smallest absolute Gasteiger partial charge is 0.145 e. The molecule has 1 rings (SSSR count). The highest BCUT2D eigenvalue weighted by Gasteiger charge is 2.04. The highest BCUT2D eigenvalue weighted by molar-refractivity contribution is 7.97. The van der Waals surface area contributed by atoms with E-state index in [1.807, 2.05) is 6.08 Å². The van der Waals surface area contributed by atoms with Crippen LogP contribution >= 0.6 is 11.9 Å². The molecule has 0 atom stereocenters. The van der Waals surface area contributed by atoms with E-state index in [-0.39, 0.29) is 0 Å². The molecule has 0 saturated heterocycles. The van der Waals surface area contributed by atoms with Crippen LogP contribution in [0.4, 0.5) is 0 Å². The molecule has 1 aliphatic heterocycles.